The first-order valence-corrected chi connectivity index (χ1v) is 6.52. The smallest absolute Gasteiger partial charge is 0.272 e. The molecule has 0 bridgehead atoms. The van der Waals surface area contributed by atoms with Crippen LogP contribution in [0.3, 0.4) is 0 Å². The van der Waals surface area contributed by atoms with Gasteiger partial charge in [-0.15, -0.1) is 0 Å². The van der Waals surface area contributed by atoms with Crippen LogP contribution >= 0.6 is 15.9 Å². The van der Waals surface area contributed by atoms with Gasteiger partial charge in [-0.3, -0.25) is 4.79 Å². The maximum Gasteiger partial charge on any atom is 0.272 e. The van der Waals surface area contributed by atoms with E-state index in [1.807, 2.05) is 11.0 Å². The minimum absolute atomic E-state index is 0.0118. The fourth-order valence-electron chi connectivity index (χ4n) is 2.16. The van der Waals surface area contributed by atoms with Gasteiger partial charge in [0.2, 0.25) is 0 Å². The Kier molecular flexibility index (Phi) is 3.79. The minimum Gasteiger partial charge on any atom is -0.334 e. The minimum atomic E-state index is 0.0118. The Balaban J connectivity index is 2.11. The number of carbonyl (C=O) groups excluding carboxylic acids is 1. The number of halogens is 1. The van der Waals surface area contributed by atoms with Gasteiger partial charge in [0.25, 0.3) is 5.91 Å². The average Bonchev–Trinajstić information content (AvgIpc) is 2.28. The molecule has 0 spiro atoms. The molecule has 1 saturated heterocycles. The molecule has 1 fully saturated rings. The zero-order chi connectivity index (χ0) is 12.4. The van der Waals surface area contributed by atoms with E-state index in [0.29, 0.717) is 17.8 Å². The van der Waals surface area contributed by atoms with Gasteiger partial charge in [0.05, 0.1) is 0 Å². The summed E-state index contributed by atoms with van der Waals surface area (Å²) in [6.07, 6.45) is 1.66. The lowest BCUT2D eigenvalue weighted by Crippen LogP contribution is -2.55. The van der Waals surface area contributed by atoms with Crippen molar-refractivity contribution in [2.24, 2.45) is 0 Å². The van der Waals surface area contributed by atoms with Crippen molar-refractivity contribution < 1.29 is 4.79 Å². The van der Waals surface area contributed by atoms with Gasteiger partial charge >= 0.3 is 0 Å². The third kappa shape index (κ3) is 3.04. The quantitative estimate of drug-likeness (QED) is 0.858. The lowest BCUT2D eigenvalue weighted by atomic mass is 10.1. The van der Waals surface area contributed by atoms with Gasteiger partial charge in [0, 0.05) is 35.8 Å². The molecular formula is C12H16BrN3O. The maximum atomic E-state index is 12.2. The van der Waals surface area contributed by atoms with Crippen LogP contribution in [0.5, 0.6) is 0 Å². The van der Waals surface area contributed by atoms with Gasteiger partial charge in [-0.05, 0) is 41.9 Å². The molecule has 0 aromatic carbocycles. The molecule has 17 heavy (non-hydrogen) atoms. The first-order chi connectivity index (χ1) is 8.06. The van der Waals surface area contributed by atoms with Gasteiger partial charge < -0.3 is 10.2 Å². The Morgan fingerprint density at radius 2 is 2.06 bits per heavy atom. The van der Waals surface area contributed by atoms with E-state index < -0.39 is 0 Å². The highest BCUT2D eigenvalue weighted by Gasteiger charge is 2.25. The van der Waals surface area contributed by atoms with Crippen LogP contribution in [-0.2, 0) is 0 Å². The molecule has 0 saturated carbocycles. The number of nitrogens with zero attached hydrogens (tertiary/aromatic N) is 2. The third-order valence-corrected chi connectivity index (χ3v) is 3.26. The van der Waals surface area contributed by atoms with Crippen molar-refractivity contribution in [3.8, 4) is 0 Å². The summed E-state index contributed by atoms with van der Waals surface area (Å²) in [7, 11) is 0. The SMILES string of the molecule is C[C@@H]1CN(C(=O)c2ccc(Br)cn2)C[C@@H](C)N1. The van der Waals surface area contributed by atoms with E-state index in [9.17, 15) is 4.79 Å². The molecule has 0 aliphatic carbocycles. The van der Waals surface area contributed by atoms with Crippen molar-refractivity contribution >= 4 is 21.8 Å². The number of hydrogen-bond acceptors (Lipinski definition) is 3. The van der Waals surface area contributed by atoms with Crippen molar-refractivity contribution in [2.45, 2.75) is 25.9 Å². The Morgan fingerprint density at radius 1 is 1.41 bits per heavy atom. The van der Waals surface area contributed by atoms with Crippen LogP contribution in [0, 0.1) is 0 Å². The molecule has 92 valence electrons. The number of hydrogen-bond donors (Lipinski definition) is 1. The summed E-state index contributed by atoms with van der Waals surface area (Å²) in [5, 5.41) is 3.40. The predicted molar refractivity (Wildman–Crippen MR) is 69.9 cm³/mol. The Bertz CT molecular complexity index is 397. The average molecular weight is 298 g/mol. The van der Waals surface area contributed by atoms with Crippen LogP contribution in [0.4, 0.5) is 0 Å². The highest BCUT2D eigenvalue weighted by atomic mass is 79.9. The molecular weight excluding hydrogens is 282 g/mol. The standard InChI is InChI=1S/C12H16BrN3O/c1-8-6-16(7-9(2)15-8)12(17)11-4-3-10(13)5-14-11/h3-5,8-9,15H,6-7H2,1-2H3/t8-,9-/m1/s1. The fraction of sp³-hybridized carbons (Fsp3) is 0.500. The van der Waals surface area contributed by atoms with Gasteiger partial charge in [-0.1, -0.05) is 0 Å². The predicted octanol–water partition coefficient (Wildman–Crippen LogP) is 1.67. The second-order valence-electron chi connectivity index (χ2n) is 4.54. The van der Waals surface area contributed by atoms with Crippen LogP contribution in [0.15, 0.2) is 22.8 Å². The Morgan fingerprint density at radius 3 is 2.59 bits per heavy atom. The van der Waals surface area contributed by atoms with Crippen LogP contribution in [0.1, 0.15) is 24.3 Å². The largest absolute Gasteiger partial charge is 0.334 e. The van der Waals surface area contributed by atoms with E-state index in [-0.39, 0.29) is 5.91 Å². The van der Waals surface area contributed by atoms with Crippen LogP contribution in [0.2, 0.25) is 0 Å². The van der Waals surface area contributed by atoms with E-state index in [1.54, 1.807) is 12.3 Å². The van der Waals surface area contributed by atoms with Crippen molar-refractivity contribution in [2.75, 3.05) is 13.1 Å². The van der Waals surface area contributed by atoms with Gasteiger partial charge in [-0.2, -0.15) is 0 Å². The maximum absolute atomic E-state index is 12.2. The van der Waals surface area contributed by atoms with E-state index >= 15 is 0 Å². The van der Waals surface area contributed by atoms with Gasteiger partial charge in [0.1, 0.15) is 5.69 Å². The number of aromatic nitrogens is 1. The van der Waals surface area contributed by atoms with E-state index in [0.717, 1.165) is 17.6 Å². The fourth-order valence-corrected chi connectivity index (χ4v) is 2.39. The third-order valence-electron chi connectivity index (χ3n) is 2.79. The van der Waals surface area contributed by atoms with Crippen LogP contribution in [-0.4, -0.2) is 41.0 Å². The molecule has 1 aromatic heterocycles. The lowest BCUT2D eigenvalue weighted by molar-refractivity contribution is 0.0668. The summed E-state index contributed by atoms with van der Waals surface area (Å²) < 4.78 is 0.885. The summed E-state index contributed by atoms with van der Waals surface area (Å²) in [6.45, 7) is 5.65. The number of nitrogens with one attached hydrogen (secondary N) is 1. The van der Waals surface area contributed by atoms with Crippen molar-refractivity contribution in [3.63, 3.8) is 0 Å². The number of piperazine rings is 1. The molecule has 4 nitrogen and oxygen atoms in total. The highest BCUT2D eigenvalue weighted by molar-refractivity contribution is 9.10. The second-order valence-corrected chi connectivity index (χ2v) is 5.46. The Labute approximate surface area is 110 Å². The summed E-state index contributed by atoms with van der Waals surface area (Å²) in [5.41, 5.74) is 0.509. The molecule has 1 aliphatic rings. The lowest BCUT2D eigenvalue weighted by Gasteiger charge is -2.35. The van der Waals surface area contributed by atoms with Crippen molar-refractivity contribution in [1.29, 1.82) is 0 Å². The molecule has 1 aromatic rings. The molecule has 2 heterocycles. The highest BCUT2D eigenvalue weighted by Crippen LogP contribution is 2.11. The van der Waals surface area contributed by atoms with E-state index in [1.165, 1.54) is 0 Å². The Hall–Kier alpha value is -0.940. The number of carbonyl (C=O) groups is 1. The van der Waals surface area contributed by atoms with Crippen molar-refractivity contribution in [1.82, 2.24) is 15.2 Å². The molecule has 1 amide bonds. The number of rotatable bonds is 1. The van der Waals surface area contributed by atoms with Gasteiger partial charge in [0.15, 0.2) is 0 Å². The summed E-state index contributed by atoms with van der Waals surface area (Å²) in [5.74, 6) is 0.0118. The van der Waals surface area contributed by atoms with E-state index in [4.69, 9.17) is 0 Å². The molecule has 1 aliphatic heterocycles. The molecule has 2 atom stereocenters. The monoisotopic (exact) mass is 297 g/mol. The molecule has 2 rings (SSSR count). The first kappa shape index (κ1) is 12.5. The molecule has 0 unspecified atom stereocenters. The summed E-state index contributed by atoms with van der Waals surface area (Å²) in [6, 6.07) is 4.26. The molecule has 5 heteroatoms. The molecule has 0 radical (unpaired) electrons. The zero-order valence-electron chi connectivity index (χ0n) is 9.98. The van der Waals surface area contributed by atoms with Crippen LogP contribution < -0.4 is 5.32 Å². The summed E-state index contributed by atoms with van der Waals surface area (Å²) in [4.78, 5) is 18.2. The summed E-state index contributed by atoms with van der Waals surface area (Å²) >= 11 is 3.31. The normalized spacial score (nSPS) is 24.8. The van der Waals surface area contributed by atoms with Gasteiger partial charge in [-0.25, -0.2) is 4.98 Å². The first-order valence-electron chi connectivity index (χ1n) is 5.73. The number of amides is 1. The second kappa shape index (κ2) is 5.14. The zero-order valence-corrected chi connectivity index (χ0v) is 11.6. The number of pyridine rings is 1. The topological polar surface area (TPSA) is 45.2 Å². The van der Waals surface area contributed by atoms with E-state index in [2.05, 4.69) is 40.1 Å². The van der Waals surface area contributed by atoms with Crippen LogP contribution in [0.25, 0.3) is 0 Å². The van der Waals surface area contributed by atoms with Crippen molar-refractivity contribution in [3.05, 3.63) is 28.5 Å². The molecule has 1 N–H and O–H groups in total.